The van der Waals surface area contributed by atoms with Gasteiger partial charge >= 0.3 is 0 Å². The first-order chi connectivity index (χ1) is 8.56. The third kappa shape index (κ3) is 3.23. The molecule has 1 saturated carbocycles. The second-order valence-corrected chi connectivity index (χ2v) is 4.43. The fourth-order valence-electron chi connectivity index (χ4n) is 1.50. The lowest BCUT2D eigenvalue weighted by atomic mass is 10.2. The van der Waals surface area contributed by atoms with E-state index in [2.05, 4.69) is 5.32 Å². The molecule has 1 aromatic rings. The number of carbonyl (C=O) groups is 2. The molecule has 1 aromatic carbocycles. The van der Waals surface area contributed by atoms with Gasteiger partial charge in [-0.25, -0.2) is 0 Å². The number of hydrogen-bond acceptors (Lipinski definition) is 3. The van der Waals surface area contributed by atoms with Crippen LogP contribution in [0.2, 0.25) is 0 Å². The first kappa shape index (κ1) is 12.4. The van der Waals surface area contributed by atoms with Gasteiger partial charge in [0.05, 0.1) is 0 Å². The molecule has 0 saturated heterocycles. The molecule has 0 bridgehead atoms. The van der Waals surface area contributed by atoms with E-state index in [9.17, 15) is 9.59 Å². The maximum atomic E-state index is 11.7. The highest BCUT2D eigenvalue weighted by atomic mass is 16.5. The zero-order chi connectivity index (χ0) is 13.1. The summed E-state index contributed by atoms with van der Waals surface area (Å²) >= 11 is 0. The smallest absolute Gasteiger partial charge is 0.260 e. The van der Waals surface area contributed by atoms with Gasteiger partial charge in [0.15, 0.2) is 6.10 Å². The summed E-state index contributed by atoms with van der Waals surface area (Å²) in [5, 5.41) is 2.87. The topological polar surface area (TPSA) is 81.4 Å². The lowest BCUT2D eigenvalue weighted by Crippen LogP contribution is -2.37. The van der Waals surface area contributed by atoms with E-state index < -0.39 is 12.0 Å². The molecule has 5 heteroatoms. The number of benzene rings is 1. The largest absolute Gasteiger partial charge is 0.481 e. The Morgan fingerprint density at radius 1 is 1.33 bits per heavy atom. The van der Waals surface area contributed by atoms with Crippen LogP contribution in [0, 0.1) is 0 Å². The monoisotopic (exact) mass is 248 g/mol. The number of rotatable bonds is 5. The Hall–Kier alpha value is -2.04. The number of ether oxygens (including phenoxy) is 1. The van der Waals surface area contributed by atoms with Crippen molar-refractivity contribution in [2.45, 2.75) is 31.9 Å². The van der Waals surface area contributed by atoms with E-state index in [4.69, 9.17) is 10.5 Å². The number of nitrogens with two attached hydrogens (primary N) is 1. The molecule has 5 nitrogen and oxygen atoms in total. The van der Waals surface area contributed by atoms with E-state index in [0.29, 0.717) is 17.4 Å². The molecule has 0 heterocycles. The van der Waals surface area contributed by atoms with Gasteiger partial charge in [-0.2, -0.15) is 0 Å². The van der Waals surface area contributed by atoms with Crippen LogP contribution in [0.15, 0.2) is 24.3 Å². The Morgan fingerprint density at radius 2 is 1.94 bits per heavy atom. The fraction of sp³-hybridized carbons (Fsp3) is 0.385. The van der Waals surface area contributed by atoms with Crippen LogP contribution in [-0.2, 0) is 4.79 Å². The van der Waals surface area contributed by atoms with Crippen LogP contribution in [0.25, 0.3) is 0 Å². The summed E-state index contributed by atoms with van der Waals surface area (Å²) in [6.45, 7) is 1.69. The zero-order valence-electron chi connectivity index (χ0n) is 10.2. The van der Waals surface area contributed by atoms with Crippen LogP contribution in [-0.4, -0.2) is 24.0 Å². The molecule has 96 valence electrons. The number of nitrogens with one attached hydrogen (secondary N) is 1. The first-order valence-corrected chi connectivity index (χ1v) is 5.93. The minimum absolute atomic E-state index is 0.114. The zero-order valence-corrected chi connectivity index (χ0v) is 10.2. The van der Waals surface area contributed by atoms with Gasteiger partial charge < -0.3 is 15.8 Å². The second-order valence-electron chi connectivity index (χ2n) is 4.43. The first-order valence-electron chi connectivity index (χ1n) is 5.93. The van der Waals surface area contributed by atoms with Crippen molar-refractivity contribution in [1.29, 1.82) is 0 Å². The van der Waals surface area contributed by atoms with Crippen LogP contribution < -0.4 is 15.8 Å². The molecule has 2 rings (SSSR count). The van der Waals surface area contributed by atoms with Gasteiger partial charge in [-0.15, -0.1) is 0 Å². The van der Waals surface area contributed by atoms with Crippen LogP contribution in [0.5, 0.6) is 5.75 Å². The fourth-order valence-corrected chi connectivity index (χ4v) is 1.50. The minimum atomic E-state index is -0.551. The van der Waals surface area contributed by atoms with Crippen molar-refractivity contribution >= 4 is 11.8 Å². The Labute approximate surface area is 105 Å². The number of carbonyl (C=O) groups excluding carboxylic acids is 2. The van der Waals surface area contributed by atoms with Gasteiger partial charge in [-0.05, 0) is 44.0 Å². The molecule has 2 amide bonds. The van der Waals surface area contributed by atoms with Crippen molar-refractivity contribution in [1.82, 2.24) is 5.32 Å². The van der Waals surface area contributed by atoms with Gasteiger partial charge in [-0.1, -0.05) is 0 Å². The van der Waals surface area contributed by atoms with E-state index in [1.165, 1.54) is 0 Å². The highest BCUT2D eigenvalue weighted by molar-refractivity contribution is 5.92. The predicted octanol–water partition coefficient (Wildman–Crippen LogP) is 0.831. The van der Waals surface area contributed by atoms with Crippen LogP contribution in [0.4, 0.5) is 0 Å². The molecule has 1 atom stereocenters. The third-order valence-electron chi connectivity index (χ3n) is 2.74. The Kier molecular flexibility index (Phi) is 3.50. The van der Waals surface area contributed by atoms with Gasteiger partial charge in [0.25, 0.3) is 5.91 Å². The molecule has 18 heavy (non-hydrogen) atoms. The van der Waals surface area contributed by atoms with E-state index in [1.54, 1.807) is 31.2 Å². The molecule has 0 aromatic heterocycles. The van der Waals surface area contributed by atoms with Crippen molar-refractivity contribution in [3.8, 4) is 5.75 Å². The molecule has 0 radical (unpaired) electrons. The maximum Gasteiger partial charge on any atom is 0.260 e. The molecule has 0 aliphatic heterocycles. The summed E-state index contributed by atoms with van der Waals surface area (Å²) in [4.78, 5) is 22.6. The van der Waals surface area contributed by atoms with Crippen molar-refractivity contribution < 1.29 is 14.3 Å². The molecule has 1 aliphatic rings. The highest BCUT2D eigenvalue weighted by Crippen LogP contribution is 2.19. The number of amides is 2. The molecular formula is C13H16N2O3. The molecule has 0 spiro atoms. The number of hydrogen-bond donors (Lipinski definition) is 2. The normalized spacial score (nSPS) is 15.8. The van der Waals surface area contributed by atoms with Crippen molar-refractivity contribution in [2.24, 2.45) is 5.73 Å². The van der Waals surface area contributed by atoms with Crippen LogP contribution >= 0.6 is 0 Å². The van der Waals surface area contributed by atoms with Gasteiger partial charge in [0.1, 0.15) is 5.75 Å². The predicted molar refractivity (Wildman–Crippen MR) is 66.2 cm³/mol. The Balaban J connectivity index is 1.91. The van der Waals surface area contributed by atoms with Crippen molar-refractivity contribution in [3.63, 3.8) is 0 Å². The SMILES string of the molecule is C[C@H](Oc1ccc(C(N)=O)cc1)C(=O)NC1CC1. The summed E-state index contributed by atoms with van der Waals surface area (Å²) in [6.07, 6.45) is 1.54. The summed E-state index contributed by atoms with van der Waals surface area (Å²) in [5.41, 5.74) is 5.55. The summed E-state index contributed by atoms with van der Waals surface area (Å²) in [6, 6.07) is 6.72. The highest BCUT2D eigenvalue weighted by Gasteiger charge is 2.26. The summed E-state index contributed by atoms with van der Waals surface area (Å²) in [7, 11) is 0. The molecular weight excluding hydrogens is 232 g/mol. The van der Waals surface area contributed by atoms with E-state index in [1.807, 2.05) is 0 Å². The lowest BCUT2D eigenvalue weighted by molar-refractivity contribution is -0.127. The lowest BCUT2D eigenvalue weighted by Gasteiger charge is -2.14. The maximum absolute atomic E-state index is 11.7. The third-order valence-corrected chi connectivity index (χ3v) is 2.74. The molecule has 3 N–H and O–H groups in total. The standard InChI is InChI=1S/C13H16N2O3/c1-8(13(17)15-10-4-5-10)18-11-6-2-9(3-7-11)12(14)16/h2-3,6-8,10H,4-5H2,1H3,(H2,14,16)(H,15,17)/t8-/m0/s1. The Morgan fingerprint density at radius 3 is 2.44 bits per heavy atom. The van der Waals surface area contributed by atoms with Gasteiger partial charge in [0, 0.05) is 11.6 Å². The summed E-state index contributed by atoms with van der Waals surface area (Å²) in [5.74, 6) is -0.0593. The van der Waals surface area contributed by atoms with Crippen LogP contribution in [0.1, 0.15) is 30.1 Å². The molecule has 1 fully saturated rings. The molecule has 1 aliphatic carbocycles. The van der Waals surface area contributed by atoms with E-state index >= 15 is 0 Å². The Bertz CT molecular complexity index is 452. The average Bonchev–Trinajstić information content (AvgIpc) is 3.13. The quantitative estimate of drug-likeness (QED) is 0.809. The van der Waals surface area contributed by atoms with Gasteiger partial charge in [0.2, 0.25) is 5.91 Å². The average molecular weight is 248 g/mol. The van der Waals surface area contributed by atoms with Crippen molar-refractivity contribution in [2.75, 3.05) is 0 Å². The summed E-state index contributed by atoms with van der Waals surface area (Å²) < 4.78 is 5.48. The van der Waals surface area contributed by atoms with Crippen molar-refractivity contribution in [3.05, 3.63) is 29.8 Å². The molecule has 0 unspecified atom stereocenters. The van der Waals surface area contributed by atoms with E-state index in [-0.39, 0.29) is 5.91 Å². The second kappa shape index (κ2) is 5.08. The van der Waals surface area contributed by atoms with E-state index in [0.717, 1.165) is 12.8 Å². The number of primary amides is 1. The van der Waals surface area contributed by atoms with Crippen LogP contribution in [0.3, 0.4) is 0 Å². The minimum Gasteiger partial charge on any atom is -0.481 e. The van der Waals surface area contributed by atoms with Gasteiger partial charge in [-0.3, -0.25) is 9.59 Å².